The van der Waals surface area contributed by atoms with E-state index in [0.29, 0.717) is 24.8 Å². The summed E-state index contributed by atoms with van der Waals surface area (Å²) in [5.74, 6) is 1.96. The molecule has 0 bridgehead atoms. The third kappa shape index (κ3) is 3.60. The Morgan fingerprint density at radius 1 is 1.21 bits per heavy atom. The second kappa shape index (κ2) is 7.98. The van der Waals surface area contributed by atoms with Crippen LogP contribution in [0.4, 0.5) is 0 Å². The number of likely N-dealkylation sites (tertiary alicyclic amines) is 1. The number of hydrogen-bond donors (Lipinski definition) is 1. The van der Waals surface area contributed by atoms with Crippen molar-refractivity contribution in [2.75, 3.05) is 33.4 Å². The van der Waals surface area contributed by atoms with Crippen molar-refractivity contribution in [2.45, 2.75) is 37.6 Å². The zero-order valence-electron chi connectivity index (χ0n) is 18.7. The second-order valence-electron chi connectivity index (χ2n) is 9.44. The number of nitrogens with one attached hydrogen (secondary N) is 1. The van der Waals surface area contributed by atoms with E-state index in [1.807, 2.05) is 41.6 Å². The molecule has 6 rings (SSSR count). The van der Waals surface area contributed by atoms with Crippen molar-refractivity contribution in [2.24, 2.45) is 5.41 Å². The average molecular weight is 449 g/mol. The first-order valence-electron chi connectivity index (χ1n) is 11.6. The fourth-order valence-electron chi connectivity index (χ4n) is 5.41. The monoisotopic (exact) mass is 448 g/mol. The molecule has 3 aromatic rings. The topological polar surface area (TPSA) is 98.2 Å². The van der Waals surface area contributed by atoms with E-state index in [1.54, 1.807) is 7.11 Å². The molecular formula is C24H28N6O3. The molecule has 1 atom stereocenters. The van der Waals surface area contributed by atoms with Crippen LogP contribution >= 0.6 is 0 Å². The van der Waals surface area contributed by atoms with Gasteiger partial charge in [-0.05, 0) is 56.0 Å². The molecule has 1 spiro atoms. The average Bonchev–Trinajstić information content (AvgIpc) is 3.24. The van der Waals surface area contributed by atoms with Crippen molar-refractivity contribution in [1.29, 1.82) is 0 Å². The number of aromatic nitrogens is 5. The number of carbonyl (C=O) groups is 1. The zero-order chi connectivity index (χ0) is 22.4. The van der Waals surface area contributed by atoms with E-state index in [0.717, 1.165) is 48.9 Å². The third-order valence-corrected chi connectivity index (χ3v) is 7.47. The Morgan fingerprint density at radius 2 is 2.00 bits per heavy atom. The Balaban J connectivity index is 1.26. The molecule has 9 nitrogen and oxygen atoms in total. The summed E-state index contributed by atoms with van der Waals surface area (Å²) in [6.45, 7) is 2.79. The van der Waals surface area contributed by atoms with Crippen molar-refractivity contribution in [3.8, 4) is 17.0 Å². The van der Waals surface area contributed by atoms with Crippen molar-refractivity contribution >= 4 is 5.91 Å². The van der Waals surface area contributed by atoms with Crippen molar-refractivity contribution in [3.05, 3.63) is 48.2 Å². The van der Waals surface area contributed by atoms with Gasteiger partial charge >= 0.3 is 0 Å². The predicted molar refractivity (Wildman–Crippen MR) is 120 cm³/mol. The number of benzene rings is 1. The van der Waals surface area contributed by atoms with Gasteiger partial charge in [0.1, 0.15) is 23.6 Å². The summed E-state index contributed by atoms with van der Waals surface area (Å²) in [6, 6.07) is 10.0. The van der Waals surface area contributed by atoms with Gasteiger partial charge in [0.05, 0.1) is 12.8 Å². The maximum absolute atomic E-state index is 13.5. The Bertz CT molecular complexity index is 1140. The normalized spacial score (nSPS) is 22.1. The number of hydrogen-bond acceptors (Lipinski definition) is 6. The summed E-state index contributed by atoms with van der Waals surface area (Å²) < 4.78 is 13.2. The molecule has 1 N–H and O–H groups in total. The molecule has 2 aromatic heterocycles. The minimum atomic E-state index is -0.0214. The number of H-pyrrole nitrogens is 1. The number of methoxy groups -OCH3 is 1. The molecule has 3 fully saturated rings. The van der Waals surface area contributed by atoms with Gasteiger partial charge in [-0.1, -0.05) is 0 Å². The summed E-state index contributed by atoms with van der Waals surface area (Å²) in [5, 5.41) is 16.1. The molecular weight excluding hydrogens is 420 g/mol. The lowest BCUT2D eigenvalue weighted by Gasteiger charge is -2.37. The lowest BCUT2D eigenvalue weighted by molar-refractivity contribution is 0.0107. The molecule has 1 saturated carbocycles. The van der Waals surface area contributed by atoms with E-state index < -0.39 is 0 Å². The highest BCUT2D eigenvalue weighted by molar-refractivity contribution is 5.93. The van der Waals surface area contributed by atoms with Gasteiger partial charge in [-0.3, -0.25) is 9.89 Å². The standard InChI is InChI=1S/C24H28N6O3/c1-32-18-6-2-16(3-7-18)20-12-21(27-26-20)23(31)29-13-19(24(14-29)8-10-33-11-9-24)22-28-25-15-30(22)17-4-5-17/h2-3,6-7,12,15,17,19H,4-5,8-11,13-14H2,1H3,(H,26,27). The van der Waals surface area contributed by atoms with Crippen LogP contribution in [0.5, 0.6) is 5.75 Å². The lowest BCUT2D eigenvalue weighted by Crippen LogP contribution is -2.37. The highest BCUT2D eigenvalue weighted by Crippen LogP contribution is 2.50. The summed E-state index contributed by atoms with van der Waals surface area (Å²) in [7, 11) is 1.64. The van der Waals surface area contributed by atoms with E-state index >= 15 is 0 Å². The summed E-state index contributed by atoms with van der Waals surface area (Å²) in [5.41, 5.74) is 2.16. The van der Waals surface area contributed by atoms with Crippen molar-refractivity contribution in [3.63, 3.8) is 0 Å². The highest BCUT2D eigenvalue weighted by atomic mass is 16.5. The smallest absolute Gasteiger partial charge is 0.271 e. The molecule has 1 aliphatic carbocycles. The molecule has 1 unspecified atom stereocenters. The number of carbonyl (C=O) groups excluding carboxylic acids is 1. The molecule has 2 saturated heterocycles. The number of amides is 1. The van der Waals surface area contributed by atoms with E-state index in [2.05, 4.69) is 25.0 Å². The molecule has 172 valence electrons. The van der Waals surface area contributed by atoms with E-state index in [4.69, 9.17) is 9.47 Å². The minimum absolute atomic E-state index is 0.0203. The molecule has 2 aliphatic heterocycles. The van der Waals surface area contributed by atoms with Gasteiger partial charge in [-0.25, -0.2) is 0 Å². The molecule has 1 amide bonds. The maximum Gasteiger partial charge on any atom is 0.271 e. The fraction of sp³-hybridized carbons (Fsp3) is 0.500. The Morgan fingerprint density at radius 3 is 2.73 bits per heavy atom. The van der Waals surface area contributed by atoms with E-state index in [-0.39, 0.29) is 17.2 Å². The third-order valence-electron chi connectivity index (χ3n) is 7.47. The Hall–Kier alpha value is -3.20. The largest absolute Gasteiger partial charge is 0.497 e. The van der Waals surface area contributed by atoms with Crippen LogP contribution in [0, 0.1) is 5.41 Å². The predicted octanol–water partition coefficient (Wildman–Crippen LogP) is 3.05. The van der Waals surface area contributed by atoms with Crippen LogP contribution in [0.15, 0.2) is 36.7 Å². The number of rotatable bonds is 5. The molecule has 9 heteroatoms. The first-order valence-corrected chi connectivity index (χ1v) is 11.6. The number of aromatic amines is 1. The first kappa shape index (κ1) is 20.4. The fourth-order valence-corrected chi connectivity index (χ4v) is 5.41. The Labute approximate surface area is 192 Å². The zero-order valence-corrected chi connectivity index (χ0v) is 18.7. The van der Waals surface area contributed by atoms with Crippen LogP contribution in [-0.4, -0.2) is 69.2 Å². The summed E-state index contributed by atoms with van der Waals surface area (Å²) in [6.07, 6.45) is 6.08. The number of ether oxygens (including phenoxy) is 2. The van der Waals surface area contributed by atoms with Crippen LogP contribution in [0.2, 0.25) is 0 Å². The summed E-state index contributed by atoms with van der Waals surface area (Å²) in [4.78, 5) is 15.5. The van der Waals surface area contributed by atoms with Crippen LogP contribution in [-0.2, 0) is 4.74 Å². The molecule has 1 aromatic carbocycles. The summed E-state index contributed by atoms with van der Waals surface area (Å²) >= 11 is 0. The lowest BCUT2D eigenvalue weighted by atomic mass is 9.71. The van der Waals surface area contributed by atoms with Crippen molar-refractivity contribution < 1.29 is 14.3 Å². The Kier molecular flexibility index (Phi) is 4.94. The van der Waals surface area contributed by atoms with Crippen LogP contribution < -0.4 is 4.74 Å². The highest BCUT2D eigenvalue weighted by Gasteiger charge is 2.51. The van der Waals surface area contributed by atoms with Crippen molar-refractivity contribution in [1.82, 2.24) is 29.9 Å². The maximum atomic E-state index is 13.5. The second-order valence-corrected chi connectivity index (χ2v) is 9.44. The molecule has 33 heavy (non-hydrogen) atoms. The molecule has 3 aliphatic rings. The SMILES string of the molecule is COc1ccc(-c2cc(C(=O)N3CC(c4nncn4C4CC4)C4(CCOCC4)C3)[nH]n2)cc1. The van der Waals surface area contributed by atoms with Crippen LogP contribution in [0.1, 0.15) is 54.0 Å². The van der Waals surface area contributed by atoms with Crippen LogP contribution in [0.25, 0.3) is 11.3 Å². The first-order chi connectivity index (χ1) is 16.2. The van der Waals surface area contributed by atoms with Gasteiger partial charge < -0.3 is 18.9 Å². The van der Waals surface area contributed by atoms with Gasteiger partial charge in [0.25, 0.3) is 5.91 Å². The molecule has 0 radical (unpaired) electrons. The molecule has 4 heterocycles. The quantitative estimate of drug-likeness (QED) is 0.644. The van der Waals surface area contributed by atoms with Gasteiger partial charge in [0.2, 0.25) is 0 Å². The van der Waals surface area contributed by atoms with Gasteiger partial charge in [-0.2, -0.15) is 5.10 Å². The van der Waals surface area contributed by atoms with Crippen LogP contribution in [0.3, 0.4) is 0 Å². The number of nitrogens with zero attached hydrogens (tertiary/aromatic N) is 5. The van der Waals surface area contributed by atoms with E-state index in [9.17, 15) is 4.79 Å². The van der Waals surface area contributed by atoms with Gasteiger partial charge in [-0.15, -0.1) is 10.2 Å². The van der Waals surface area contributed by atoms with Gasteiger partial charge in [0, 0.05) is 49.2 Å². The minimum Gasteiger partial charge on any atom is -0.497 e. The van der Waals surface area contributed by atoms with E-state index in [1.165, 1.54) is 12.8 Å². The van der Waals surface area contributed by atoms with Gasteiger partial charge in [0.15, 0.2) is 0 Å².